The Kier molecular flexibility index (Phi) is 4.38. The van der Waals surface area contributed by atoms with Crippen molar-refractivity contribution in [2.45, 2.75) is 58.3 Å². The van der Waals surface area contributed by atoms with Crippen LogP contribution < -0.4 is 10.2 Å². The van der Waals surface area contributed by atoms with Gasteiger partial charge in [0.25, 0.3) is 5.91 Å². The van der Waals surface area contributed by atoms with E-state index in [4.69, 9.17) is 9.31 Å². The van der Waals surface area contributed by atoms with E-state index in [1.165, 1.54) is 0 Å². The van der Waals surface area contributed by atoms with Crippen LogP contribution in [0.4, 0.5) is 5.69 Å². The van der Waals surface area contributed by atoms with Gasteiger partial charge in [-0.2, -0.15) is 0 Å². The molecule has 2 fully saturated rings. The number of amides is 1. The molecule has 2 aliphatic heterocycles. The lowest BCUT2D eigenvalue weighted by Crippen LogP contribution is -2.41. The fourth-order valence-electron chi connectivity index (χ4n) is 3.69. The number of carbonyl (C=O) groups is 1. The summed E-state index contributed by atoms with van der Waals surface area (Å²) in [6, 6.07) is 3.58. The summed E-state index contributed by atoms with van der Waals surface area (Å²) in [6.45, 7) is 9.08. The van der Waals surface area contributed by atoms with Gasteiger partial charge in [-0.3, -0.25) is 9.52 Å². The van der Waals surface area contributed by atoms with Gasteiger partial charge < -0.3 is 14.2 Å². The highest BCUT2D eigenvalue weighted by Crippen LogP contribution is 2.38. The lowest BCUT2D eigenvalue weighted by molar-refractivity contribution is 0.00578. The lowest BCUT2D eigenvalue weighted by atomic mass is 9.77. The zero-order valence-electron chi connectivity index (χ0n) is 17.0. The van der Waals surface area contributed by atoms with Crippen LogP contribution in [-0.2, 0) is 25.9 Å². The average Bonchev–Trinajstić information content (AvgIpc) is 3.24. The first kappa shape index (κ1) is 19.7. The molecule has 1 amide bonds. The van der Waals surface area contributed by atoms with Crippen molar-refractivity contribution in [2.24, 2.45) is 5.92 Å². The Morgan fingerprint density at radius 3 is 2.32 bits per heavy atom. The number of benzene rings is 1. The van der Waals surface area contributed by atoms with Crippen molar-refractivity contribution in [3.8, 4) is 0 Å². The first-order chi connectivity index (χ1) is 12.9. The van der Waals surface area contributed by atoms with Crippen molar-refractivity contribution in [1.82, 2.24) is 4.90 Å². The van der Waals surface area contributed by atoms with Crippen molar-refractivity contribution in [2.75, 3.05) is 17.5 Å². The van der Waals surface area contributed by atoms with Crippen LogP contribution in [0.2, 0.25) is 0 Å². The molecule has 0 spiro atoms. The maximum absolute atomic E-state index is 12.9. The minimum Gasteiger partial charge on any atom is -0.399 e. The number of carbonyl (C=O) groups excluding carboxylic acids is 1. The maximum Gasteiger partial charge on any atom is 0.494 e. The number of nitrogens with zero attached hydrogens (tertiary/aromatic N) is 1. The van der Waals surface area contributed by atoms with E-state index >= 15 is 0 Å². The normalized spacial score (nSPS) is 23.2. The number of rotatable bonds is 5. The molecule has 152 valence electrons. The van der Waals surface area contributed by atoms with Crippen molar-refractivity contribution >= 4 is 34.2 Å². The molecule has 28 heavy (non-hydrogen) atoms. The molecule has 0 atom stereocenters. The Balaban J connectivity index is 1.73. The highest BCUT2D eigenvalue weighted by molar-refractivity contribution is 7.92. The third-order valence-electron chi connectivity index (χ3n) is 6.10. The molecule has 1 aromatic carbocycles. The summed E-state index contributed by atoms with van der Waals surface area (Å²) in [5.41, 5.74) is 1.25. The third-order valence-corrected chi connectivity index (χ3v) is 6.69. The number of hydrogen-bond donors (Lipinski definition) is 1. The maximum atomic E-state index is 12.9. The number of sulfonamides is 1. The Bertz CT molecular complexity index is 924. The van der Waals surface area contributed by atoms with E-state index in [1.807, 2.05) is 38.7 Å². The van der Waals surface area contributed by atoms with Crippen LogP contribution in [0.3, 0.4) is 0 Å². The minimum atomic E-state index is -3.54. The number of fused-ring (bicyclic) bond motifs is 1. The standard InChI is InChI=1S/C19H27BN2O5S/c1-18(2)19(3,4)27-20(26-18)14-8-13-11-22(10-12-6-7-12)17(23)16(13)15(9-14)21-28(5,24)25/h8-9,12,21H,6-7,10-11H2,1-5H3. The van der Waals surface area contributed by atoms with Crippen LogP contribution in [0, 0.1) is 5.92 Å². The molecule has 0 aromatic heterocycles. The minimum absolute atomic E-state index is 0.117. The second-order valence-electron chi connectivity index (χ2n) is 9.19. The van der Waals surface area contributed by atoms with E-state index < -0.39 is 28.3 Å². The highest BCUT2D eigenvalue weighted by Gasteiger charge is 2.52. The summed E-state index contributed by atoms with van der Waals surface area (Å²) in [4.78, 5) is 14.7. The molecule has 1 saturated carbocycles. The van der Waals surface area contributed by atoms with Crippen LogP contribution in [-0.4, -0.2) is 50.3 Å². The summed E-state index contributed by atoms with van der Waals surface area (Å²) >= 11 is 0. The van der Waals surface area contributed by atoms with Gasteiger partial charge in [0.15, 0.2) is 0 Å². The van der Waals surface area contributed by atoms with Crippen molar-refractivity contribution in [3.63, 3.8) is 0 Å². The van der Waals surface area contributed by atoms with E-state index in [1.54, 1.807) is 6.07 Å². The third kappa shape index (κ3) is 3.55. The Morgan fingerprint density at radius 2 is 1.79 bits per heavy atom. The zero-order chi connectivity index (χ0) is 20.5. The Morgan fingerprint density at radius 1 is 1.18 bits per heavy atom. The molecule has 1 saturated heterocycles. The number of hydrogen-bond acceptors (Lipinski definition) is 5. The summed E-state index contributed by atoms with van der Waals surface area (Å²) in [5.74, 6) is 0.445. The largest absolute Gasteiger partial charge is 0.494 e. The molecule has 4 rings (SSSR count). The fourth-order valence-corrected chi connectivity index (χ4v) is 4.26. The van der Waals surface area contributed by atoms with Crippen LogP contribution in [0.5, 0.6) is 0 Å². The van der Waals surface area contributed by atoms with Crippen LogP contribution in [0.15, 0.2) is 12.1 Å². The fraction of sp³-hybridized carbons (Fsp3) is 0.632. The second kappa shape index (κ2) is 6.21. The molecule has 2 heterocycles. The van der Waals surface area contributed by atoms with Crippen molar-refractivity contribution in [3.05, 3.63) is 23.3 Å². The first-order valence-electron chi connectivity index (χ1n) is 9.66. The van der Waals surface area contributed by atoms with Gasteiger partial charge in [0.2, 0.25) is 10.0 Å². The zero-order valence-corrected chi connectivity index (χ0v) is 17.9. The van der Waals surface area contributed by atoms with Crippen LogP contribution in [0.25, 0.3) is 0 Å². The summed E-state index contributed by atoms with van der Waals surface area (Å²) in [5, 5.41) is 0. The molecular weight excluding hydrogens is 379 g/mol. The monoisotopic (exact) mass is 406 g/mol. The molecular formula is C19H27BN2O5S. The van der Waals surface area contributed by atoms with Crippen LogP contribution >= 0.6 is 0 Å². The van der Waals surface area contributed by atoms with Crippen LogP contribution in [0.1, 0.15) is 56.5 Å². The molecule has 0 radical (unpaired) electrons. The predicted molar refractivity (Wildman–Crippen MR) is 108 cm³/mol. The highest BCUT2D eigenvalue weighted by atomic mass is 32.2. The molecule has 0 bridgehead atoms. The molecule has 1 aromatic rings. The molecule has 3 aliphatic rings. The van der Waals surface area contributed by atoms with Gasteiger partial charge in [-0.05, 0) is 63.5 Å². The van der Waals surface area contributed by atoms with E-state index in [2.05, 4.69) is 4.72 Å². The summed E-state index contributed by atoms with van der Waals surface area (Å²) < 4.78 is 38.6. The van der Waals surface area contributed by atoms with E-state index in [0.717, 1.165) is 31.2 Å². The molecule has 1 N–H and O–H groups in total. The SMILES string of the molecule is CC1(C)OB(c2cc3c(c(NS(C)(=O)=O)c2)C(=O)N(CC2CC2)C3)OC1(C)C. The van der Waals surface area contributed by atoms with Crippen molar-refractivity contribution < 1.29 is 22.5 Å². The number of anilines is 1. The van der Waals surface area contributed by atoms with Crippen molar-refractivity contribution in [1.29, 1.82) is 0 Å². The topological polar surface area (TPSA) is 84.9 Å². The lowest BCUT2D eigenvalue weighted by Gasteiger charge is -2.32. The van der Waals surface area contributed by atoms with Gasteiger partial charge in [0, 0.05) is 13.1 Å². The summed E-state index contributed by atoms with van der Waals surface area (Å²) in [7, 11) is -4.16. The second-order valence-corrected chi connectivity index (χ2v) is 10.9. The van der Waals surface area contributed by atoms with Gasteiger partial charge in [-0.15, -0.1) is 0 Å². The molecule has 9 heteroatoms. The molecule has 1 aliphatic carbocycles. The van der Waals surface area contributed by atoms with Gasteiger partial charge in [0.1, 0.15) is 0 Å². The van der Waals surface area contributed by atoms with E-state index in [0.29, 0.717) is 29.2 Å². The van der Waals surface area contributed by atoms with Gasteiger partial charge in [-0.1, -0.05) is 6.07 Å². The Hall–Kier alpha value is -1.58. The van der Waals surface area contributed by atoms with Gasteiger partial charge in [-0.25, -0.2) is 8.42 Å². The first-order valence-corrected chi connectivity index (χ1v) is 11.5. The average molecular weight is 406 g/mol. The summed E-state index contributed by atoms with van der Waals surface area (Å²) in [6.07, 6.45) is 3.38. The van der Waals surface area contributed by atoms with E-state index in [9.17, 15) is 13.2 Å². The quantitative estimate of drug-likeness (QED) is 0.753. The predicted octanol–water partition coefficient (Wildman–Crippen LogP) is 1.72. The van der Waals surface area contributed by atoms with Gasteiger partial charge >= 0.3 is 7.12 Å². The van der Waals surface area contributed by atoms with E-state index in [-0.39, 0.29) is 5.91 Å². The smallest absolute Gasteiger partial charge is 0.399 e. The number of nitrogens with one attached hydrogen (secondary N) is 1. The molecule has 0 unspecified atom stereocenters. The van der Waals surface area contributed by atoms with Gasteiger partial charge in [0.05, 0.1) is 28.7 Å². The molecule has 7 nitrogen and oxygen atoms in total. The Labute approximate surface area is 167 Å².